The number of nitrogens with zero attached hydrogens (tertiary/aromatic N) is 5. The van der Waals surface area contributed by atoms with Crippen molar-refractivity contribution in [3.8, 4) is 6.07 Å². The zero-order chi connectivity index (χ0) is 17.7. The van der Waals surface area contributed by atoms with Crippen molar-refractivity contribution in [3.05, 3.63) is 35.2 Å². The smallest absolute Gasteiger partial charge is 0.237 e. The minimum Gasteiger partial charge on any atom is -0.311 e. The first-order valence-corrected chi connectivity index (χ1v) is 8.65. The van der Waals surface area contributed by atoms with Gasteiger partial charge in [-0.25, -0.2) is 0 Å². The van der Waals surface area contributed by atoms with E-state index in [1.165, 1.54) is 11.8 Å². The van der Waals surface area contributed by atoms with Gasteiger partial charge in [0.15, 0.2) is 5.16 Å². The van der Waals surface area contributed by atoms with Crippen LogP contribution in [-0.2, 0) is 11.8 Å². The van der Waals surface area contributed by atoms with Gasteiger partial charge in [0.1, 0.15) is 5.82 Å². The number of hydrogen-bond donors (Lipinski definition) is 0. The molecule has 0 saturated heterocycles. The molecule has 0 N–H and O–H groups in total. The topological polar surface area (TPSA) is 74.8 Å². The van der Waals surface area contributed by atoms with Gasteiger partial charge in [-0.15, -0.1) is 10.2 Å². The van der Waals surface area contributed by atoms with E-state index in [9.17, 15) is 4.79 Å². The molecule has 0 atom stereocenters. The highest BCUT2D eigenvalue weighted by Crippen LogP contribution is 2.22. The molecular formula is C17H21N5OS. The molecule has 0 aliphatic rings. The van der Waals surface area contributed by atoms with Gasteiger partial charge in [0.25, 0.3) is 0 Å². The van der Waals surface area contributed by atoms with Gasteiger partial charge >= 0.3 is 0 Å². The summed E-state index contributed by atoms with van der Waals surface area (Å²) < 4.78 is 1.86. The van der Waals surface area contributed by atoms with Crippen molar-refractivity contribution in [1.82, 2.24) is 14.8 Å². The second kappa shape index (κ2) is 7.97. The summed E-state index contributed by atoms with van der Waals surface area (Å²) in [5, 5.41) is 17.7. The van der Waals surface area contributed by atoms with Crippen LogP contribution in [0.25, 0.3) is 0 Å². The maximum atomic E-state index is 12.7. The minimum atomic E-state index is -0.0408. The summed E-state index contributed by atoms with van der Waals surface area (Å²) in [6.45, 7) is 6.26. The Morgan fingerprint density at radius 3 is 2.46 bits per heavy atom. The summed E-state index contributed by atoms with van der Waals surface area (Å²) in [5.74, 6) is 1.02. The zero-order valence-electron chi connectivity index (χ0n) is 14.4. The van der Waals surface area contributed by atoms with Crippen LogP contribution in [0.15, 0.2) is 23.4 Å². The molecule has 6 nitrogen and oxygen atoms in total. The third-order valence-corrected chi connectivity index (χ3v) is 4.65. The number of aryl methyl sites for hydroxylation is 3. The van der Waals surface area contributed by atoms with E-state index in [0.717, 1.165) is 22.6 Å². The fourth-order valence-electron chi connectivity index (χ4n) is 2.38. The standard InChI is InChI=1S/C17H21N5OS/c1-12-8-13(2)10-15(9-12)22(7-5-6-18)16(23)11-24-17-20-19-14(3)21(17)4/h8-10H,5,7,11H2,1-4H3. The van der Waals surface area contributed by atoms with E-state index >= 15 is 0 Å². The van der Waals surface area contributed by atoms with Crippen molar-refractivity contribution in [2.24, 2.45) is 7.05 Å². The molecule has 1 aromatic heterocycles. The number of anilines is 1. The maximum absolute atomic E-state index is 12.7. The Kier molecular flexibility index (Phi) is 5.99. The van der Waals surface area contributed by atoms with Gasteiger partial charge in [0, 0.05) is 19.3 Å². The van der Waals surface area contributed by atoms with Crippen LogP contribution in [0.3, 0.4) is 0 Å². The van der Waals surface area contributed by atoms with Crippen LogP contribution < -0.4 is 4.90 Å². The highest BCUT2D eigenvalue weighted by atomic mass is 32.2. The van der Waals surface area contributed by atoms with E-state index in [1.807, 2.05) is 44.5 Å². The number of thioether (sulfide) groups is 1. The average Bonchev–Trinajstić information content (AvgIpc) is 2.84. The zero-order valence-corrected chi connectivity index (χ0v) is 15.2. The van der Waals surface area contributed by atoms with Gasteiger partial charge in [0.2, 0.25) is 5.91 Å². The molecule has 126 valence electrons. The molecule has 0 aliphatic heterocycles. The summed E-state index contributed by atoms with van der Waals surface area (Å²) in [6, 6.07) is 8.12. The number of carbonyl (C=O) groups is 1. The largest absolute Gasteiger partial charge is 0.311 e. The molecule has 0 bridgehead atoms. The van der Waals surface area contributed by atoms with Crippen molar-refractivity contribution >= 4 is 23.4 Å². The summed E-state index contributed by atoms with van der Waals surface area (Å²) in [6.07, 6.45) is 0.298. The molecule has 7 heteroatoms. The van der Waals surface area contributed by atoms with E-state index in [1.54, 1.807) is 4.90 Å². The van der Waals surface area contributed by atoms with Crippen LogP contribution in [0, 0.1) is 32.1 Å². The lowest BCUT2D eigenvalue weighted by Crippen LogP contribution is -2.33. The molecule has 0 radical (unpaired) electrons. The molecule has 1 aromatic carbocycles. The molecule has 0 spiro atoms. The first kappa shape index (κ1) is 18.0. The third kappa shape index (κ3) is 4.36. The predicted octanol–water partition coefficient (Wildman–Crippen LogP) is 2.78. The van der Waals surface area contributed by atoms with Crippen molar-refractivity contribution in [3.63, 3.8) is 0 Å². The predicted molar refractivity (Wildman–Crippen MR) is 95.0 cm³/mol. The Labute approximate surface area is 146 Å². The summed E-state index contributed by atoms with van der Waals surface area (Å²) in [4.78, 5) is 14.4. The maximum Gasteiger partial charge on any atom is 0.237 e. The molecule has 24 heavy (non-hydrogen) atoms. The van der Waals surface area contributed by atoms with E-state index < -0.39 is 0 Å². The van der Waals surface area contributed by atoms with Gasteiger partial charge in [-0.3, -0.25) is 4.79 Å². The second-order valence-corrected chi connectivity index (χ2v) is 6.62. The highest BCUT2D eigenvalue weighted by Gasteiger charge is 2.18. The van der Waals surface area contributed by atoms with Gasteiger partial charge < -0.3 is 9.47 Å². The van der Waals surface area contributed by atoms with Crippen LogP contribution in [0.2, 0.25) is 0 Å². The number of carbonyl (C=O) groups excluding carboxylic acids is 1. The fraction of sp³-hybridized carbons (Fsp3) is 0.412. The molecule has 2 aromatic rings. The normalized spacial score (nSPS) is 10.5. The summed E-state index contributed by atoms with van der Waals surface area (Å²) in [5.41, 5.74) is 3.02. The Morgan fingerprint density at radius 2 is 1.92 bits per heavy atom. The van der Waals surface area contributed by atoms with Crippen LogP contribution in [-0.4, -0.2) is 33.0 Å². The lowest BCUT2D eigenvalue weighted by molar-refractivity contribution is -0.116. The summed E-state index contributed by atoms with van der Waals surface area (Å²) >= 11 is 1.36. The van der Waals surface area contributed by atoms with E-state index in [-0.39, 0.29) is 11.7 Å². The molecule has 2 rings (SSSR count). The van der Waals surface area contributed by atoms with Gasteiger partial charge in [0.05, 0.1) is 18.2 Å². The number of benzene rings is 1. The number of aromatic nitrogens is 3. The Morgan fingerprint density at radius 1 is 1.25 bits per heavy atom. The fourth-order valence-corrected chi connectivity index (χ4v) is 3.22. The van der Waals surface area contributed by atoms with Gasteiger partial charge in [-0.05, 0) is 44.0 Å². The third-order valence-electron chi connectivity index (χ3n) is 3.64. The van der Waals surface area contributed by atoms with Crippen molar-refractivity contribution in [1.29, 1.82) is 5.26 Å². The molecule has 1 amide bonds. The highest BCUT2D eigenvalue weighted by molar-refractivity contribution is 7.99. The van der Waals surface area contributed by atoms with E-state index in [4.69, 9.17) is 5.26 Å². The quantitative estimate of drug-likeness (QED) is 0.754. The first-order chi connectivity index (χ1) is 11.4. The lowest BCUT2D eigenvalue weighted by Gasteiger charge is -2.22. The first-order valence-electron chi connectivity index (χ1n) is 7.66. The monoisotopic (exact) mass is 343 g/mol. The Hall–Kier alpha value is -2.33. The molecule has 0 fully saturated rings. The number of rotatable bonds is 6. The van der Waals surface area contributed by atoms with E-state index in [2.05, 4.69) is 22.3 Å². The summed E-state index contributed by atoms with van der Waals surface area (Å²) in [7, 11) is 1.87. The second-order valence-electron chi connectivity index (χ2n) is 5.68. The lowest BCUT2D eigenvalue weighted by atomic mass is 10.1. The number of nitriles is 1. The Balaban J connectivity index is 2.16. The van der Waals surface area contributed by atoms with Crippen LogP contribution in [0.5, 0.6) is 0 Å². The minimum absolute atomic E-state index is 0.0408. The number of hydrogen-bond acceptors (Lipinski definition) is 5. The molecule has 1 heterocycles. The molecule has 0 saturated carbocycles. The van der Waals surface area contributed by atoms with Crippen molar-refractivity contribution < 1.29 is 4.79 Å². The van der Waals surface area contributed by atoms with Crippen LogP contribution >= 0.6 is 11.8 Å². The molecular weight excluding hydrogens is 322 g/mol. The van der Waals surface area contributed by atoms with Crippen molar-refractivity contribution in [2.45, 2.75) is 32.3 Å². The van der Waals surface area contributed by atoms with Gasteiger partial charge in [-0.2, -0.15) is 5.26 Å². The van der Waals surface area contributed by atoms with Crippen LogP contribution in [0.4, 0.5) is 5.69 Å². The number of amides is 1. The molecule has 0 unspecified atom stereocenters. The SMILES string of the molecule is Cc1cc(C)cc(N(CCC#N)C(=O)CSc2nnc(C)n2C)c1. The average molecular weight is 343 g/mol. The van der Waals surface area contributed by atoms with Crippen LogP contribution in [0.1, 0.15) is 23.4 Å². The van der Waals surface area contributed by atoms with Crippen molar-refractivity contribution in [2.75, 3.05) is 17.2 Å². The molecule has 0 aliphatic carbocycles. The van der Waals surface area contributed by atoms with E-state index in [0.29, 0.717) is 18.1 Å². The van der Waals surface area contributed by atoms with Gasteiger partial charge in [-0.1, -0.05) is 17.8 Å². The Bertz CT molecular complexity index is 758.